The van der Waals surface area contributed by atoms with E-state index < -0.39 is 0 Å². The summed E-state index contributed by atoms with van der Waals surface area (Å²) in [5.74, 6) is 0. The van der Waals surface area contributed by atoms with Crippen LogP contribution in [0.1, 0.15) is 11.4 Å². The first-order valence-electron chi connectivity index (χ1n) is 6.56. The van der Waals surface area contributed by atoms with E-state index in [1.807, 2.05) is 43.3 Å². The van der Waals surface area contributed by atoms with E-state index in [9.17, 15) is 0 Å². The van der Waals surface area contributed by atoms with Crippen LogP contribution < -0.4 is 5.32 Å². The molecule has 0 bridgehead atoms. The van der Waals surface area contributed by atoms with Gasteiger partial charge in [0, 0.05) is 0 Å². The molecule has 0 saturated heterocycles. The Hall–Kier alpha value is -2.40. The van der Waals surface area contributed by atoms with Gasteiger partial charge in [0.05, 0.1) is 29.8 Å². The summed E-state index contributed by atoms with van der Waals surface area (Å²) in [6.45, 7) is 2.49. The number of nitrogens with zero attached hydrogens (tertiary/aromatic N) is 4. The van der Waals surface area contributed by atoms with Gasteiger partial charge in [-0.25, -0.2) is 4.98 Å². The molecule has 0 saturated carbocycles. The van der Waals surface area contributed by atoms with Gasteiger partial charge in [0.25, 0.3) is 0 Å². The first kappa shape index (κ1) is 13.6. The number of hydrogen-bond acceptors (Lipinski definition) is 4. The SMILES string of the molecule is Cc1nc(Cl)ccc1NCc1cnn(-c2ccccc2)n1. The van der Waals surface area contributed by atoms with E-state index in [1.165, 1.54) is 0 Å². The molecule has 0 aliphatic heterocycles. The minimum Gasteiger partial charge on any atom is -0.378 e. The third kappa shape index (κ3) is 3.20. The summed E-state index contributed by atoms with van der Waals surface area (Å²) in [4.78, 5) is 5.82. The smallest absolute Gasteiger partial charge is 0.129 e. The number of halogens is 1. The molecule has 106 valence electrons. The summed E-state index contributed by atoms with van der Waals surface area (Å²) in [6, 6.07) is 13.5. The van der Waals surface area contributed by atoms with Gasteiger partial charge < -0.3 is 5.32 Å². The molecule has 0 amide bonds. The van der Waals surface area contributed by atoms with E-state index in [-0.39, 0.29) is 0 Å². The van der Waals surface area contributed by atoms with Crippen LogP contribution in [0.15, 0.2) is 48.7 Å². The molecule has 3 aromatic rings. The molecule has 1 aromatic carbocycles. The molecular formula is C15H14ClN5. The molecule has 0 unspecified atom stereocenters. The number of aryl methyl sites for hydroxylation is 1. The Morgan fingerprint density at radius 2 is 1.95 bits per heavy atom. The molecule has 5 nitrogen and oxygen atoms in total. The Kier molecular flexibility index (Phi) is 3.83. The summed E-state index contributed by atoms with van der Waals surface area (Å²) in [6.07, 6.45) is 1.75. The van der Waals surface area contributed by atoms with Crippen LogP contribution in [0, 0.1) is 6.92 Å². The molecule has 6 heteroatoms. The van der Waals surface area contributed by atoms with Crippen LogP contribution >= 0.6 is 11.6 Å². The molecular weight excluding hydrogens is 286 g/mol. The highest BCUT2D eigenvalue weighted by Crippen LogP contribution is 2.16. The third-order valence-electron chi connectivity index (χ3n) is 3.04. The summed E-state index contributed by atoms with van der Waals surface area (Å²) in [5.41, 5.74) is 3.59. The van der Waals surface area contributed by atoms with Crippen molar-refractivity contribution in [2.45, 2.75) is 13.5 Å². The van der Waals surface area contributed by atoms with Crippen molar-refractivity contribution in [1.29, 1.82) is 0 Å². The van der Waals surface area contributed by atoms with Gasteiger partial charge in [-0.15, -0.1) is 0 Å². The maximum atomic E-state index is 5.84. The Bertz CT molecular complexity index is 739. The summed E-state index contributed by atoms with van der Waals surface area (Å²) < 4.78 is 0. The van der Waals surface area contributed by atoms with Crippen molar-refractivity contribution in [3.05, 3.63) is 65.2 Å². The Morgan fingerprint density at radius 1 is 1.14 bits per heavy atom. The minimum atomic E-state index is 0.494. The predicted octanol–water partition coefficient (Wildman–Crippen LogP) is 3.24. The fraction of sp³-hybridized carbons (Fsp3) is 0.133. The van der Waals surface area contributed by atoms with Gasteiger partial charge in [-0.3, -0.25) is 0 Å². The van der Waals surface area contributed by atoms with Crippen molar-refractivity contribution in [3.63, 3.8) is 0 Å². The van der Waals surface area contributed by atoms with Crippen LogP contribution in [0.2, 0.25) is 5.15 Å². The quantitative estimate of drug-likeness (QED) is 0.751. The monoisotopic (exact) mass is 299 g/mol. The highest BCUT2D eigenvalue weighted by Gasteiger charge is 2.04. The molecule has 0 spiro atoms. The second-order valence-corrected chi connectivity index (χ2v) is 4.97. The highest BCUT2D eigenvalue weighted by atomic mass is 35.5. The molecule has 0 fully saturated rings. The van der Waals surface area contributed by atoms with Gasteiger partial charge >= 0.3 is 0 Å². The van der Waals surface area contributed by atoms with Crippen LogP contribution in [0.4, 0.5) is 5.69 Å². The second-order valence-electron chi connectivity index (χ2n) is 4.58. The minimum absolute atomic E-state index is 0.494. The lowest BCUT2D eigenvalue weighted by Gasteiger charge is -2.07. The highest BCUT2D eigenvalue weighted by molar-refractivity contribution is 6.29. The maximum absolute atomic E-state index is 5.84. The zero-order valence-electron chi connectivity index (χ0n) is 11.5. The lowest BCUT2D eigenvalue weighted by molar-refractivity contribution is 0.740. The molecule has 0 radical (unpaired) electrons. The van der Waals surface area contributed by atoms with Crippen LogP contribution in [0.25, 0.3) is 5.69 Å². The van der Waals surface area contributed by atoms with Gasteiger partial charge in [-0.2, -0.15) is 15.0 Å². The number of anilines is 1. The Labute approximate surface area is 127 Å². The summed E-state index contributed by atoms with van der Waals surface area (Å²) in [5, 5.41) is 12.5. The lowest BCUT2D eigenvalue weighted by atomic mass is 10.3. The number of para-hydroxylation sites is 1. The number of rotatable bonds is 4. The van der Waals surface area contributed by atoms with Gasteiger partial charge in [0.2, 0.25) is 0 Å². The van der Waals surface area contributed by atoms with Crippen LogP contribution in [0.3, 0.4) is 0 Å². The zero-order valence-corrected chi connectivity index (χ0v) is 12.2. The van der Waals surface area contributed by atoms with Gasteiger partial charge in [0.1, 0.15) is 10.8 Å². The predicted molar refractivity (Wildman–Crippen MR) is 82.7 cm³/mol. The summed E-state index contributed by atoms with van der Waals surface area (Å²) in [7, 11) is 0. The van der Waals surface area contributed by atoms with E-state index >= 15 is 0 Å². The molecule has 2 heterocycles. The van der Waals surface area contributed by atoms with E-state index in [4.69, 9.17) is 11.6 Å². The van der Waals surface area contributed by atoms with Gasteiger partial charge in [0.15, 0.2) is 0 Å². The Balaban J connectivity index is 1.70. The van der Waals surface area contributed by atoms with E-state index in [0.29, 0.717) is 11.7 Å². The van der Waals surface area contributed by atoms with Crippen molar-refractivity contribution < 1.29 is 0 Å². The van der Waals surface area contributed by atoms with Crippen molar-refractivity contribution in [3.8, 4) is 5.69 Å². The fourth-order valence-electron chi connectivity index (χ4n) is 1.96. The lowest BCUT2D eigenvalue weighted by Crippen LogP contribution is -2.04. The zero-order chi connectivity index (χ0) is 14.7. The third-order valence-corrected chi connectivity index (χ3v) is 3.25. The topological polar surface area (TPSA) is 55.6 Å². The number of pyridine rings is 1. The van der Waals surface area contributed by atoms with E-state index in [1.54, 1.807) is 17.1 Å². The average Bonchev–Trinajstić information content (AvgIpc) is 2.96. The van der Waals surface area contributed by atoms with Crippen LogP contribution in [-0.4, -0.2) is 20.0 Å². The molecule has 1 N–H and O–H groups in total. The first-order valence-corrected chi connectivity index (χ1v) is 6.94. The Morgan fingerprint density at radius 3 is 2.71 bits per heavy atom. The number of nitrogens with one attached hydrogen (secondary N) is 1. The fourth-order valence-corrected chi connectivity index (χ4v) is 2.15. The van der Waals surface area contributed by atoms with Gasteiger partial charge in [-0.1, -0.05) is 29.8 Å². The normalized spacial score (nSPS) is 10.6. The van der Waals surface area contributed by atoms with Crippen LogP contribution in [0.5, 0.6) is 0 Å². The maximum Gasteiger partial charge on any atom is 0.129 e. The first-order chi connectivity index (χ1) is 10.2. The number of aromatic nitrogens is 4. The molecule has 0 aliphatic carbocycles. The van der Waals surface area contributed by atoms with Crippen molar-refractivity contribution >= 4 is 17.3 Å². The molecule has 21 heavy (non-hydrogen) atoms. The van der Waals surface area contributed by atoms with Crippen molar-refractivity contribution in [1.82, 2.24) is 20.0 Å². The van der Waals surface area contributed by atoms with E-state index in [2.05, 4.69) is 20.5 Å². The number of hydrogen-bond donors (Lipinski definition) is 1. The second kappa shape index (κ2) is 5.93. The van der Waals surface area contributed by atoms with Gasteiger partial charge in [-0.05, 0) is 31.2 Å². The van der Waals surface area contributed by atoms with E-state index in [0.717, 1.165) is 22.8 Å². The van der Waals surface area contributed by atoms with Crippen molar-refractivity contribution in [2.24, 2.45) is 0 Å². The van der Waals surface area contributed by atoms with Crippen molar-refractivity contribution in [2.75, 3.05) is 5.32 Å². The average molecular weight is 300 g/mol. The molecule has 2 aromatic heterocycles. The number of benzene rings is 1. The molecule has 0 atom stereocenters. The largest absolute Gasteiger partial charge is 0.378 e. The molecule has 0 aliphatic rings. The molecule has 3 rings (SSSR count). The standard InChI is InChI=1S/C15H14ClN5/c1-11-14(7-8-15(16)19-11)17-9-12-10-18-21(20-12)13-5-3-2-4-6-13/h2-8,10,17H,9H2,1H3. The summed E-state index contributed by atoms with van der Waals surface area (Å²) >= 11 is 5.84. The van der Waals surface area contributed by atoms with Crippen LogP contribution in [-0.2, 0) is 6.54 Å².